The Kier molecular flexibility index (Phi) is 25.3. The van der Waals surface area contributed by atoms with Crippen molar-refractivity contribution in [1.29, 1.82) is 0 Å². The Hall–Kier alpha value is -3.15. The smallest absolute Gasteiger partial charge is 0.744 e. The van der Waals surface area contributed by atoms with Crippen molar-refractivity contribution in [3.8, 4) is 11.5 Å². The van der Waals surface area contributed by atoms with Crippen LogP contribution in [0.15, 0.2) is 80.7 Å². The molecule has 0 bridgehead atoms. The summed E-state index contributed by atoms with van der Waals surface area (Å²) in [6.07, 6.45) is 9.72. The second kappa shape index (κ2) is 28.4. The Morgan fingerprint density at radius 2 is 1.47 bits per heavy atom. The predicted octanol–water partition coefficient (Wildman–Crippen LogP) is 3.79. The molecule has 0 aromatic heterocycles. The van der Waals surface area contributed by atoms with Gasteiger partial charge in [0.25, 0.3) is 5.91 Å². The van der Waals surface area contributed by atoms with Gasteiger partial charge < -0.3 is 35.0 Å². The minimum atomic E-state index is -5.02. The average molecular weight is 989 g/mol. The predicted molar refractivity (Wildman–Crippen MR) is 238 cm³/mol. The first-order valence-corrected chi connectivity index (χ1v) is 23.1. The van der Waals surface area contributed by atoms with E-state index in [1.165, 1.54) is 87.1 Å². The fraction of sp³-hybridized carbons (Fsp3) is 0.409. The third-order valence-electron chi connectivity index (χ3n) is 9.64. The Morgan fingerprint density at radius 1 is 0.848 bits per heavy atom. The first-order chi connectivity index (χ1) is 30.3. The molecule has 17 nitrogen and oxygen atoms in total. The van der Waals surface area contributed by atoms with Crippen molar-refractivity contribution < 1.29 is 120 Å². The topological polar surface area (TPSA) is 254 Å². The monoisotopic (exact) mass is 988 g/mol. The van der Waals surface area contributed by atoms with Crippen molar-refractivity contribution in [1.82, 2.24) is 0 Å². The summed E-state index contributed by atoms with van der Waals surface area (Å²) in [5, 5.41) is 38.6. The van der Waals surface area contributed by atoms with Crippen molar-refractivity contribution in [2.24, 2.45) is 15.6 Å². The number of amides is 2. The molecule has 0 aliphatic rings. The molecule has 66 heavy (non-hydrogen) atoms. The van der Waals surface area contributed by atoms with Crippen molar-refractivity contribution in [3.63, 3.8) is 0 Å². The number of rotatable bonds is 24. The first kappa shape index (κ1) is 59.0. The van der Waals surface area contributed by atoms with Gasteiger partial charge in [0, 0.05) is 17.7 Å². The molecule has 4 rings (SSSR count). The third kappa shape index (κ3) is 18.1. The van der Waals surface area contributed by atoms with Crippen molar-refractivity contribution >= 4 is 90.9 Å². The summed E-state index contributed by atoms with van der Waals surface area (Å²) in [7, 11) is -5.02. The molecule has 0 radical (unpaired) electrons. The number of fused-ring (bicyclic) bond motifs is 1. The summed E-state index contributed by atoms with van der Waals surface area (Å²) in [4.78, 5) is 51.3. The molecule has 4 aromatic rings. The molecule has 3 N–H and O–H groups in total. The summed E-state index contributed by atoms with van der Waals surface area (Å²) < 4.78 is 51.4. The number of nitrogens with one attached hydrogen (secondary N) is 2. The zero-order chi connectivity index (χ0) is 47.0. The largest absolute Gasteiger partial charge is 1.00 e. The van der Waals surface area contributed by atoms with Crippen molar-refractivity contribution in [2.75, 3.05) is 17.2 Å². The van der Waals surface area contributed by atoms with Crippen LogP contribution in [0.5, 0.6) is 11.5 Å². The van der Waals surface area contributed by atoms with Gasteiger partial charge in [0.05, 0.1) is 56.1 Å². The van der Waals surface area contributed by atoms with Gasteiger partial charge in [-0.3, -0.25) is 19.4 Å². The van der Waals surface area contributed by atoms with Gasteiger partial charge in [-0.1, -0.05) is 97.1 Å². The summed E-state index contributed by atoms with van der Waals surface area (Å²) in [6, 6.07) is 12.9. The van der Waals surface area contributed by atoms with E-state index in [4.69, 9.17) is 21.1 Å². The third-order valence-corrected chi connectivity index (χ3v) is 11.4. The van der Waals surface area contributed by atoms with Gasteiger partial charge in [0.2, 0.25) is 12.0 Å². The van der Waals surface area contributed by atoms with Crippen LogP contribution < -0.4 is 79.7 Å². The molecule has 0 heterocycles. The molecule has 0 aliphatic carbocycles. The van der Waals surface area contributed by atoms with E-state index in [9.17, 15) is 42.5 Å². The van der Waals surface area contributed by atoms with Crippen LogP contribution in [0.4, 0.5) is 22.7 Å². The van der Waals surface area contributed by atoms with Gasteiger partial charge in [0.1, 0.15) is 21.6 Å². The minimum Gasteiger partial charge on any atom is -0.744 e. The number of carbonyl (C=O) groups excluding carboxylic acids is 4. The summed E-state index contributed by atoms with van der Waals surface area (Å²) in [5.41, 5.74) is -1.20. The molecule has 0 saturated heterocycles. The van der Waals surface area contributed by atoms with E-state index in [2.05, 4.69) is 37.2 Å². The standard InChI is InChI=1S/C44H53ClN4O13S2.2Na/c1-6-7-8-9-10-11-12-13-14-15-22-59-43(54)28-16-21-33(45)34(24-28)47-42(53)40(41(52)44(3,4)5)60-31-19-17-30(18-20-31)48-49-38-36(63-62-61-55)25-29-23-32(64(56,57)58)26-35(46-27(2)50)37(29)39(38)51;;/h16-21,23-26,40,51,55H,6-15,22H2,1-5H3,(H,46,50)(H,47,53)(H,56,57,58);;/q;2*+1/p-2. The van der Waals surface area contributed by atoms with Crippen LogP contribution in [0.2, 0.25) is 5.02 Å². The number of benzene rings is 4. The quantitative estimate of drug-likeness (QED) is 0.0104. The van der Waals surface area contributed by atoms with Gasteiger partial charge in [-0.25, -0.2) is 13.2 Å². The summed E-state index contributed by atoms with van der Waals surface area (Å²) in [6.45, 7) is 8.43. The average Bonchev–Trinajstić information content (AvgIpc) is 3.23. The SMILES string of the molecule is CCCCCCCCCCCCOC(=O)c1ccc(Cl)c(NC(=O)C(Oc2ccc(N=Nc3c(SOO[O-])cc4cc(S(=O)(=O)[O-])cc(NC(C)=O)c4c3O)cc2)C(=O)C(C)(C)C)c1.[Na+].[Na+]. The minimum absolute atomic E-state index is 0. The number of hydrogen-bond donors (Lipinski definition) is 3. The summed E-state index contributed by atoms with van der Waals surface area (Å²) in [5.74, 6) is -3.24. The Balaban J connectivity index is 0.00000748. The second-order valence-corrected chi connectivity index (χ2v) is 18.3. The van der Waals surface area contributed by atoms with Crippen LogP contribution in [0.25, 0.3) is 10.8 Å². The molecule has 1 unspecified atom stereocenters. The molecule has 0 aliphatic heterocycles. The van der Waals surface area contributed by atoms with Crippen LogP contribution in [-0.2, 0) is 38.6 Å². The molecule has 0 fully saturated rings. The van der Waals surface area contributed by atoms with Crippen LogP contribution in [0, 0.1) is 5.41 Å². The number of nitrogens with zero attached hydrogens (tertiary/aromatic N) is 2. The maximum absolute atomic E-state index is 13.7. The first-order valence-electron chi connectivity index (χ1n) is 20.5. The van der Waals surface area contributed by atoms with E-state index in [-0.39, 0.29) is 133 Å². The zero-order valence-corrected chi connectivity index (χ0v) is 44.5. The second-order valence-electron chi connectivity index (χ2n) is 15.8. The number of azo groups is 1. The fourth-order valence-electron chi connectivity index (χ4n) is 6.34. The molecular formula is C44H51ClN4Na2O13S2. The van der Waals surface area contributed by atoms with E-state index in [0.29, 0.717) is 0 Å². The van der Waals surface area contributed by atoms with Gasteiger partial charge in [-0.05, 0) is 72.5 Å². The van der Waals surface area contributed by atoms with Crippen LogP contribution in [-0.4, -0.2) is 54.4 Å². The molecule has 2 amide bonds. The van der Waals surface area contributed by atoms with E-state index >= 15 is 0 Å². The normalized spacial score (nSPS) is 11.9. The molecule has 346 valence electrons. The van der Waals surface area contributed by atoms with E-state index in [1.807, 2.05) is 0 Å². The maximum Gasteiger partial charge on any atom is 1.00 e. The van der Waals surface area contributed by atoms with Gasteiger partial charge >= 0.3 is 65.1 Å². The van der Waals surface area contributed by atoms with Gasteiger partial charge in [0.15, 0.2) is 11.5 Å². The Labute approximate surface area is 437 Å². The number of carbonyl (C=O) groups is 4. The van der Waals surface area contributed by atoms with Crippen LogP contribution in [0.1, 0.15) is 109 Å². The number of ketones is 1. The number of phenolic OH excluding ortho intramolecular Hbond substituents is 1. The number of aromatic hydroxyl groups is 1. The Bertz CT molecular complexity index is 2440. The number of unbranched alkanes of at least 4 members (excludes halogenated alkanes) is 9. The molecule has 1 atom stereocenters. The maximum atomic E-state index is 13.7. The van der Waals surface area contributed by atoms with Crippen molar-refractivity contribution in [2.45, 2.75) is 115 Å². The Morgan fingerprint density at radius 3 is 2.05 bits per heavy atom. The number of halogens is 1. The van der Waals surface area contributed by atoms with Gasteiger partial charge in [-0.15, -0.1) is 5.11 Å². The van der Waals surface area contributed by atoms with E-state index in [0.717, 1.165) is 44.7 Å². The number of Topliss-reactive ketones (excluding diaryl/α,β-unsaturated/α-hetero) is 1. The molecule has 0 saturated carbocycles. The molecular weight excluding hydrogens is 938 g/mol. The number of esters is 1. The van der Waals surface area contributed by atoms with E-state index < -0.39 is 55.8 Å². The molecule has 22 heteroatoms. The molecule has 4 aromatic carbocycles. The number of anilines is 2. The number of hydrogen-bond acceptors (Lipinski definition) is 16. The van der Waals surface area contributed by atoms with Crippen LogP contribution >= 0.6 is 23.6 Å². The zero-order valence-electron chi connectivity index (χ0n) is 38.1. The fourth-order valence-corrected chi connectivity index (χ4v) is 7.53. The van der Waals surface area contributed by atoms with Gasteiger partial charge in [-0.2, -0.15) is 9.45 Å². The number of ether oxygens (including phenoxy) is 2. The molecule has 0 spiro atoms. The summed E-state index contributed by atoms with van der Waals surface area (Å²) >= 11 is 6.70. The van der Waals surface area contributed by atoms with Crippen molar-refractivity contribution in [3.05, 3.63) is 71.2 Å². The number of phenols is 1. The van der Waals surface area contributed by atoms with Crippen LogP contribution in [0.3, 0.4) is 0 Å². The van der Waals surface area contributed by atoms with E-state index in [1.54, 1.807) is 20.8 Å².